The summed E-state index contributed by atoms with van der Waals surface area (Å²) in [7, 11) is 0. The van der Waals surface area contributed by atoms with E-state index >= 15 is 0 Å². The smallest absolute Gasteiger partial charge is 0.00802 e. The van der Waals surface area contributed by atoms with Crippen LogP contribution in [0.5, 0.6) is 0 Å². The quantitative estimate of drug-likeness (QED) is 0.663. The van der Waals surface area contributed by atoms with Gasteiger partial charge in [0.25, 0.3) is 0 Å². The third-order valence-electron chi connectivity index (χ3n) is 4.19. The van der Waals surface area contributed by atoms with Crippen LogP contribution in [0.1, 0.15) is 64.5 Å². The van der Waals surface area contributed by atoms with E-state index < -0.39 is 0 Å². The summed E-state index contributed by atoms with van der Waals surface area (Å²) in [6.45, 7) is 13.7. The molecule has 1 heteroatoms. The first kappa shape index (κ1) is 17.2. The molecule has 0 heterocycles. The Morgan fingerprint density at radius 2 is 1.65 bits per heavy atom. The highest BCUT2D eigenvalue weighted by atomic mass is 14.9. The maximum atomic E-state index is 3.72. The highest BCUT2D eigenvalue weighted by Crippen LogP contribution is 2.35. The van der Waals surface area contributed by atoms with E-state index in [1.54, 1.807) is 5.56 Å². The van der Waals surface area contributed by atoms with Gasteiger partial charge in [0.05, 0.1) is 0 Å². The van der Waals surface area contributed by atoms with E-state index in [4.69, 9.17) is 0 Å². The fourth-order valence-electron chi connectivity index (χ4n) is 3.39. The van der Waals surface area contributed by atoms with Gasteiger partial charge in [-0.2, -0.15) is 0 Å². The molecule has 1 aromatic rings. The van der Waals surface area contributed by atoms with E-state index in [9.17, 15) is 0 Å². The van der Waals surface area contributed by atoms with Crippen LogP contribution in [0.25, 0.3) is 0 Å². The topological polar surface area (TPSA) is 12.0 Å². The van der Waals surface area contributed by atoms with Crippen LogP contribution in [0.15, 0.2) is 24.3 Å². The molecule has 0 saturated heterocycles. The molecular weight excluding hydrogens is 242 g/mol. The summed E-state index contributed by atoms with van der Waals surface area (Å²) in [4.78, 5) is 0. The molecule has 0 unspecified atom stereocenters. The van der Waals surface area contributed by atoms with Gasteiger partial charge < -0.3 is 5.32 Å². The Kier molecular flexibility index (Phi) is 7.29. The van der Waals surface area contributed by atoms with Crippen LogP contribution in [-0.2, 0) is 5.41 Å². The summed E-state index contributed by atoms with van der Waals surface area (Å²) >= 11 is 0. The van der Waals surface area contributed by atoms with Crippen molar-refractivity contribution in [2.45, 2.75) is 65.7 Å². The number of rotatable bonds is 9. The van der Waals surface area contributed by atoms with Crippen molar-refractivity contribution in [1.29, 1.82) is 0 Å². The summed E-state index contributed by atoms with van der Waals surface area (Å²) in [5.41, 5.74) is 3.31. The Morgan fingerprint density at radius 3 is 2.15 bits per heavy atom. The summed E-state index contributed by atoms with van der Waals surface area (Å²) in [5.74, 6) is 0.716. The first-order chi connectivity index (χ1) is 9.55. The Morgan fingerprint density at radius 1 is 1.05 bits per heavy atom. The molecule has 1 N–H and O–H groups in total. The van der Waals surface area contributed by atoms with Crippen molar-refractivity contribution in [3.05, 3.63) is 35.4 Å². The van der Waals surface area contributed by atoms with Crippen LogP contribution in [0.2, 0.25) is 0 Å². The van der Waals surface area contributed by atoms with Crippen LogP contribution in [0.4, 0.5) is 0 Å². The molecule has 1 aromatic carbocycles. The average molecular weight is 275 g/mol. The maximum absolute atomic E-state index is 3.72. The highest BCUT2D eigenvalue weighted by Gasteiger charge is 2.31. The molecule has 0 bridgehead atoms. The van der Waals surface area contributed by atoms with Crippen molar-refractivity contribution in [1.82, 2.24) is 5.32 Å². The van der Waals surface area contributed by atoms with Crippen LogP contribution >= 0.6 is 0 Å². The SMILES string of the molecule is CCCC(CCC)(CNCC(C)C)c1ccccc1C. The Bertz CT molecular complexity index is 375. The van der Waals surface area contributed by atoms with Gasteiger partial charge in [-0.1, -0.05) is 64.8 Å². The van der Waals surface area contributed by atoms with E-state index in [0.717, 1.165) is 13.1 Å². The van der Waals surface area contributed by atoms with Crippen LogP contribution < -0.4 is 5.32 Å². The molecule has 0 fully saturated rings. The minimum Gasteiger partial charge on any atom is -0.316 e. The van der Waals surface area contributed by atoms with Gasteiger partial charge in [-0.05, 0) is 43.4 Å². The van der Waals surface area contributed by atoms with Crippen molar-refractivity contribution in [2.75, 3.05) is 13.1 Å². The van der Waals surface area contributed by atoms with E-state index in [-0.39, 0.29) is 0 Å². The Balaban J connectivity index is 3.00. The van der Waals surface area contributed by atoms with Gasteiger partial charge in [-0.3, -0.25) is 0 Å². The largest absolute Gasteiger partial charge is 0.316 e. The zero-order valence-corrected chi connectivity index (χ0v) is 14.1. The second-order valence-corrected chi connectivity index (χ2v) is 6.62. The molecule has 0 amide bonds. The molecule has 0 atom stereocenters. The Labute approximate surface area is 126 Å². The zero-order valence-electron chi connectivity index (χ0n) is 14.1. The molecule has 0 saturated carbocycles. The van der Waals surface area contributed by atoms with Crippen LogP contribution in [-0.4, -0.2) is 13.1 Å². The molecule has 0 radical (unpaired) electrons. The van der Waals surface area contributed by atoms with Crippen LogP contribution in [0, 0.1) is 12.8 Å². The number of hydrogen-bond acceptors (Lipinski definition) is 1. The fraction of sp³-hybridized carbons (Fsp3) is 0.684. The molecule has 0 aromatic heterocycles. The van der Waals surface area contributed by atoms with Gasteiger partial charge in [0, 0.05) is 12.0 Å². The molecule has 114 valence electrons. The van der Waals surface area contributed by atoms with E-state index in [1.807, 2.05) is 0 Å². The molecule has 20 heavy (non-hydrogen) atoms. The number of aryl methyl sites for hydroxylation is 1. The number of hydrogen-bond donors (Lipinski definition) is 1. The summed E-state index contributed by atoms with van der Waals surface area (Å²) in [6.07, 6.45) is 5.04. The summed E-state index contributed by atoms with van der Waals surface area (Å²) in [6, 6.07) is 8.96. The lowest BCUT2D eigenvalue weighted by atomic mass is 9.71. The molecule has 0 aliphatic carbocycles. The first-order valence-corrected chi connectivity index (χ1v) is 8.32. The van der Waals surface area contributed by atoms with Crippen molar-refractivity contribution in [3.8, 4) is 0 Å². The Hall–Kier alpha value is -0.820. The molecule has 1 nitrogen and oxygen atoms in total. The number of benzene rings is 1. The van der Waals surface area contributed by atoms with E-state index in [0.29, 0.717) is 11.3 Å². The lowest BCUT2D eigenvalue weighted by Crippen LogP contribution is -2.40. The van der Waals surface area contributed by atoms with Crippen molar-refractivity contribution in [3.63, 3.8) is 0 Å². The predicted molar refractivity (Wildman–Crippen MR) is 90.4 cm³/mol. The van der Waals surface area contributed by atoms with Crippen molar-refractivity contribution in [2.24, 2.45) is 5.92 Å². The third kappa shape index (κ3) is 4.63. The average Bonchev–Trinajstić information content (AvgIpc) is 2.39. The molecule has 0 aliphatic heterocycles. The normalized spacial score (nSPS) is 12.1. The standard InChI is InChI=1S/C19H33N/c1-6-12-19(13-7-2,15-20-14-16(3)4)18-11-9-8-10-17(18)5/h8-11,16,20H,6-7,12-15H2,1-5H3. The minimum absolute atomic E-state index is 0.309. The lowest BCUT2D eigenvalue weighted by molar-refractivity contribution is 0.327. The summed E-state index contributed by atoms with van der Waals surface area (Å²) < 4.78 is 0. The predicted octanol–water partition coefficient (Wildman–Crippen LogP) is 5.08. The van der Waals surface area contributed by atoms with Crippen molar-refractivity contribution >= 4 is 0 Å². The summed E-state index contributed by atoms with van der Waals surface area (Å²) in [5, 5.41) is 3.72. The molecule has 0 spiro atoms. The lowest BCUT2D eigenvalue weighted by Gasteiger charge is -2.36. The monoisotopic (exact) mass is 275 g/mol. The van der Waals surface area contributed by atoms with E-state index in [2.05, 4.69) is 64.2 Å². The first-order valence-electron chi connectivity index (χ1n) is 8.32. The second kappa shape index (κ2) is 8.46. The van der Waals surface area contributed by atoms with E-state index in [1.165, 1.54) is 31.2 Å². The van der Waals surface area contributed by atoms with Gasteiger partial charge in [-0.15, -0.1) is 0 Å². The molecule has 0 aliphatic rings. The number of nitrogens with one attached hydrogen (secondary N) is 1. The van der Waals surface area contributed by atoms with Gasteiger partial charge in [0.15, 0.2) is 0 Å². The zero-order chi connectivity index (χ0) is 15.0. The maximum Gasteiger partial charge on any atom is 0.00802 e. The van der Waals surface area contributed by atoms with Gasteiger partial charge in [0.2, 0.25) is 0 Å². The second-order valence-electron chi connectivity index (χ2n) is 6.62. The van der Waals surface area contributed by atoms with Crippen molar-refractivity contribution < 1.29 is 0 Å². The molecule has 1 rings (SSSR count). The fourth-order valence-corrected chi connectivity index (χ4v) is 3.39. The van der Waals surface area contributed by atoms with Crippen LogP contribution in [0.3, 0.4) is 0 Å². The minimum atomic E-state index is 0.309. The van der Waals surface area contributed by atoms with Gasteiger partial charge in [0.1, 0.15) is 0 Å². The molecular formula is C19H33N. The van der Waals surface area contributed by atoms with Gasteiger partial charge >= 0.3 is 0 Å². The third-order valence-corrected chi connectivity index (χ3v) is 4.19. The van der Waals surface area contributed by atoms with Gasteiger partial charge in [-0.25, -0.2) is 0 Å². The highest BCUT2D eigenvalue weighted by molar-refractivity contribution is 5.34.